The zero-order valence-corrected chi connectivity index (χ0v) is 16.0. The van der Waals surface area contributed by atoms with Crippen molar-refractivity contribution in [2.45, 2.75) is 13.5 Å². The highest BCUT2D eigenvalue weighted by molar-refractivity contribution is 5.98. The van der Waals surface area contributed by atoms with Crippen LogP contribution in [0.2, 0.25) is 0 Å². The van der Waals surface area contributed by atoms with Crippen molar-refractivity contribution >= 4 is 11.5 Å². The van der Waals surface area contributed by atoms with Crippen LogP contribution in [0.3, 0.4) is 0 Å². The van der Waals surface area contributed by atoms with E-state index in [0.717, 1.165) is 5.52 Å². The third-order valence-corrected chi connectivity index (χ3v) is 4.54. The number of hydrogen-bond donors (Lipinski definition) is 2. The lowest BCUT2D eigenvalue weighted by atomic mass is 10.2. The molecule has 3 heterocycles. The molecule has 0 unspecified atom stereocenters. The number of carbonyl (C=O) groups is 1. The molecule has 2 N–H and O–H groups in total. The molecule has 0 aliphatic heterocycles. The second kappa shape index (κ2) is 9.50. The number of esters is 1. The third kappa shape index (κ3) is 4.41. The summed E-state index contributed by atoms with van der Waals surface area (Å²) in [5.74, 6) is -0.368. The van der Waals surface area contributed by atoms with Crippen molar-refractivity contribution < 1.29 is 19.7 Å². The SMILES string of the molecule is CCOC(=O)c1cc2ccccn2c1-c1ccn(CCN(CCO)CCO)n1. The van der Waals surface area contributed by atoms with Crippen LogP contribution in [0.25, 0.3) is 16.9 Å². The first-order chi connectivity index (χ1) is 13.7. The summed E-state index contributed by atoms with van der Waals surface area (Å²) in [6.45, 7) is 4.46. The standard InChI is InChI=1S/C20H26N4O4/c1-2-28-20(27)17-15-16-5-3-4-7-24(16)19(17)18-6-8-23(21-18)10-9-22(11-13-25)12-14-26/h3-8,15,25-26H,2,9-14H2,1H3. The average molecular weight is 386 g/mol. The second-order valence-electron chi connectivity index (χ2n) is 6.38. The molecule has 0 atom stereocenters. The van der Waals surface area contributed by atoms with Gasteiger partial charge in [-0.2, -0.15) is 5.10 Å². The number of aliphatic hydroxyl groups is 2. The van der Waals surface area contributed by atoms with Gasteiger partial charge in [-0.25, -0.2) is 4.79 Å². The molecule has 8 nitrogen and oxygen atoms in total. The van der Waals surface area contributed by atoms with Gasteiger partial charge in [0.1, 0.15) is 5.69 Å². The Balaban J connectivity index is 1.87. The van der Waals surface area contributed by atoms with Crippen LogP contribution in [0.1, 0.15) is 17.3 Å². The van der Waals surface area contributed by atoms with Gasteiger partial charge in [0, 0.05) is 37.5 Å². The molecule has 0 bridgehead atoms. The molecule has 28 heavy (non-hydrogen) atoms. The Hall–Kier alpha value is -2.68. The number of carbonyl (C=O) groups excluding carboxylic acids is 1. The summed E-state index contributed by atoms with van der Waals surface area (Å²) in [6.07, 6.45) is 3.76. The normalized spacial score (nSPS) is 11.4. The van der Waals surface area contributed by atoms with E-state index < -0.39 is 0 Å². The van der Waals surface area contributed by atoms with Crippen LogP contribution in [0.4, 0.5) is 0 Å². The molecule has 0 fully saturated rings. The van der Waals surface area contributed by atoms with Crippen LogP contribution < -0.4 is 0 Å². The first-order valence-corrected chi connectivity index (χ1v) is 9.43. The minimum absolute atomic E-state index is 0.0450. The summed E-state index contributed by atoms with van der Waals surface area (Å²) in [5.41, 5.74) is 2.77. The monoisotopic (exact) mass is 386 g/mol. The molecule has 0 aromatic carbocycles. The molecule has 0 radical (unpaired) electrons. The van der Waals surface area contributed by atoms with E-state index in [-0.39, 0.29) is 19.2 Å². The molecule has 0 aliphatic carbocycles. The predicted molar refractivity (Wildman–Crippen MR) is 105 cm³/mol. The lowest BCUT2D eigenvalue weighted by Gasteiger charge is -2.19. The van der Waals surface area contributed by atoms with E-state index >= 15 is 0 Å². The Labute approximate surface area is 163 Å². The molecule has 8 heteroatoms. The van der Waals surface area contributed by atoms with Gasteiger partial charge in [0.25, 0.3) is 0 Å². The quantitative estimate of drug-likeness (QED) is 0.510. The van der Waals surface area contributed by atoms with Crippen molar-refractivity contribution in [3.05, 3.63) is 48.3 Å². The Bertz CT molecular complexity index is 912. The van der Waals surface area contributed by atoms with Gasteiger partial charge >= 0.3 is 5.97 Å². The van der Waals surface area contributed by atoms with Crippen molar-refractivity contribution in [2.75, 3.05) is 39.5 Å². The number of nitrogens with zero attached hydrogens (tertiary/aromatic N) is 4. The van der Waals surface area contributed by atoms with E-state index in [2.05, 4.69) is 5.10 Å². The fraction of sp³-hybridized carbons (Fsp3) is 0.400. The Kier molecular flexibility index (Phi) is 6.80. The van der Waals surface area contributed by atoms with E-state index in [9.17, 15) is 4.79 Å². The molecule has 0 aliphatic rings. The average Bonchev–Trinajstić information content (AvgIpc) is 3.31. The van der Waals surface area contributed by atoms with Crippen molar-refractivity contribution in [1.82, 2.24) is 19.1 Å². The maximum absolute atomic E-state index is 12.4. The summed E-state index contributed by atoms with van der Waals surface area (Å²) < 4.78 is 8.95. The van der Waals surface area contributed by atoms with Crippen LogP contribution in [0.15, 0.2) is 42.7 Å². The summed E-state index contributed by atoms with van der Waals surface area (Å²) in [6, 6.07) is 9.45. The van der Waals surface area contributed by atoms with E-state index in [4.69, 9.17) is 14.9 Å². The van der Waals surface area contributed by atoms with Gasteiger partial charge in [-0.15, -0.1) is 0 Å². The highest BCUT2D eigenvalue weighted by Crippen LogP contribution is 2.27. The van der Waals surface area contributed by atoms with Gasteiger partial charge in [0.2, 0.25) is 0 Å². The number of aliphatic hydroxyl groups excluding tert-OH is 2. The molecule has 3 aromatic heterocycles. The smallest absolute Gasteiger partial charge is 0.340 e. The maximum atomic E-state index is 12.4. The molecule has 150 valence electrons. The lowest BCUT2D eigenvalue weighted by Crippen LogP contribution is -2.32. The van der Waals surface area contributed by atoms with Crippen molar-refractivity contribution in [3.63, 3.8) is 0 Å². The molecular weight excluding hydrogens is 360 g/mol. The van der Waals surface area contributed by atoms with Crippen molar-refractivity contribution in [1.29, 1.82) is 0 Å². The molecule has 0 amide bonds. The molecule has 0 saturated carbocycles. The number of ether oxygens (including phenoxy) is 1. The van der Waals surface area contributed by atoms with Gasteiger partial charge in [0.05, 0.1) is 37.6 Å². The number of fused-ring (bicyclic) bond motifs is 1. The van der Waals surface area contributed by atoms with Crippen LogP contribution in [-0.4, -0.2) is 74.7 Å². The van der Waals surface area contributed by atoms with Crippen LogP contribution in [-0.2, 0) is 11.3 Å². The molecule has 3 rings (SSSR count). The van der Waals surface area contributed by atoms with Crippen molar-refractivity contribution in [2.24, 2.45) is 0 Å². The second-order valence-corrected chi connectivity index (χ2v) is 6.38. The summed E-state index contributed by atoms with van der Waals surface area (Å²) in [5, 5.41) is 22.9. The number of hydrogen-bond acceptors (Lipinski definition) is 6. The van der Waals surface area contributed by atoms with Crippen LogP contribution >= 0.6 is 0 Å². The highest BCUT2D eigenvalue weighted by atomic mass is 16.5. The Morgan fingerprint density at radius 2 is 1.93 bits per heavy atom. The first kappa shape index (κ1) is 20.1. The topological polar surface area (TPSA) is 92.2 Å². The fourth-order valence-electron chi connectivity index (χ4n) is 3.22. The molecule has 0 saturated heterocycles. The van der Waals surface area contributed by atoms with E-state index in [0.29, 0.717) is 49.7 Å². The lowest BCUT2D eigenvalue weighted by molar-refractivity contribution is 0.0527. The first-order valence-electron chi connectivity index (χ1n) is 9.43. The minimum atomic E-state index is -0.368. The van der Waals surface area contributed by atoms with E-state index in [1.807, 2.05) is 52.0 Å². The number of pyridine rings is 1. The predicted octanol–water partition coefficient (Wildman–Crippen LogP) is 1.27. The van der Waals surface area contributed by atoms with E-state index in [1.165, 1.54) is 0 Å². The summed E-state index contributed by atoms with van der Waals surface area (Å²) in [4.78, 5) is 14.4. The number of rotatable bonds is 10. The molecular formula is C20H26N4O4. The molecule has 0 spiro atoms. The van der Waals surface area contributed by atoms with Crippen LogP contribution in [0, 0.1) is 0 Å². The van der Waals surface area contributed by atoms with E-state index in [1.54, 1.807) is 11.6 Å². The largest absolute Gasteiger partial charge is 0.462 e. The highest BCUT2D eigenvalue weighted by Gasteiger charge is 2.21. The molecule has 3 aromatic rings. The Morgan fingerprint density at radius 1 is 1.14 bits per heavy atom. The van der Waals surface area contributed by atoms with Crippen LogP contribution in [0.5, 0.6) is 0 Å². The third-order valence-electron chi connectivity index (χ3n) is 4.54. The maximum Gasteiger partial charge on any atom is 0.340 e. The minimum Gasteiger partial charge on any atom is -0.462 e. The summed E-state index contributed by atoms with van der Waals surface area (Å²) >= 11 is 0. The fourth-order valence-corrected chi connectivity index (χ4v) is 3.22. The van der Waals surface area contributed by atoms with Gasteiger partial charge in [-0.05, 0) is 31.2 Å². The van der Waals surface area contributed by atoms with Gasteiger partial charge in [-0.3, -0.25) is 9.58 Å². The zero-order valence-electron chi connectivity index (χ0n) is 16.0. The van der Waals surface area contributed by atoms with Gasteiger partial charge in [-0.1, -0.05) is 6.07 Å². The number of aromatic nitrogens is 3. The Morgan fingerprint density at radius 3 is 2.64 bits per heavy atom. The summed E-state index contributed by atoms with van der Waals surface area (Å²) in [7, 11) is 0. The van der Waals surface area contributed by atoms with Gasteiger partial charge in [0.15, 0.2) is 0 Å². The van der Waals surface area contributed by atoms with Crippen molar-refractivity contribution in [3.8, 4) is 11.4 Å². The zero-order chi connectivity index (χ0) is 19.9. The van der Waals surface area contributed by atoms with Gasteiger partial charge < -0.3 is 19.4 Å².